The minimum atomic E-state index is -0.194. The lowest BCUT2D eigenvalue weighted by molar-refractivity contribution is 0.125. The largest absolute Gasteiger partial charge is 0.494 e. The van der Waals surface area contributed by atoms with E-state index in [2.05, 4.69) is 62.1 Å². The van der Waals surface area contributed by atoms with Gasteiger partial charge in [0.15, 0.2) is 0 Å². The topological polar surface area (TPSA) is 15.7 Å². The SMILES string of the molecule is CCOc1ccc(CN2CCN(Cc3ccc(F)cc3)[C@@H]2c2cccc(Br)c2)cc1. The third-order valence-corrected chi connectivity index (χ3v) is 5.93. The van der Waals surface area contributed by atoms with Crippen LogP contribution in [0.4, 0.5) is 4.39 Å². The van der Waals surface area contributed by atoms with Crippen molar-refractivity contribution in [3.05, 3.63) is 99.8 Å². The molecule has 30 heavy (non-hydrogen) atoms. The molecule has 4 rings (SSSR count). The summed E-state index contributed by atoms with van der Waals surface area (Å²) in [5.41, 5.74) is 3.65. The number of hydrogen-bond donors (Lipinski definition) is 0. The molecule has 1 aliphatic rings. The minimum absolute atomic E-state index is 0.166. The number of rotatable bonds is 7. The number of ether oxygens (including phenoxy) is 1. The third-order valence-electron chi connectivity index (χ3n) is 5.43. The van der Waals surface area contributed by atoms with Gasteiger partial charge in [0.25, 0.3) is 0 Å². The Balaban J connectivity index is 1.56. The van der Waals surface area contributed by atoms with E-state index in [4.69, 9.17) is 4.74 Å². The van der Waals surface area contributed by atoms with Crippen molar-refractivity contribution in [1.29, 1.82) is 0 Å². The Morgan fingerprint density at radius 3 is 2.07 bits per heavy atom. The predicted octanol–water partition coefficient (Wildman–Crippen LogP) is 6.00. The molecule has 3 nitrogen and oxygen atoms in total. The summed E-state index contributed by atoms with van der Waals surface area (Å²) in [6, 6.07) is 23.7. The molecule has 3 aromatic carbocycles. The molecule has 0 amide bonds. The van der Waals surface area contributed by atoms with E-state index in [0.717, 1.165) is 42.0 Å². The molecule has 3 aromatic rings. The molecule has 0 aliphatic carbocycles. The zero-order valence-electron chi connectivity index (χ0n) is 17.1. The van der Waals surface area contributed by atoms with Crippen LogP contribution in [0.15, 0.2) is 77.3 Å². The van der Waals surface area contributed by atoms with E-state index in [-0.39, 0.29) is 12.0 Å². The molecule has 0 radical (unpaired) electrons. The fraction of sp³-hybridized carbons (Fsp3) is 0.280. The monoisotopic (exact) mass is 468 g/mol. The molecule has 0 N–H and O–H groups in total. The lowest BCUT2D eigenvalue weighted by Gasteiger charge is -2.31. The summed E-state index contributed by atoms with van der Waals surface area (Å²) < 4.78 is 20.0. The van der Waals surface area contributed by atoms with Gasteiger partial charge in [0.05, 0.1) is 12.8 Å². The normalized spacial score (nSPS) is 17.4. The van der Waals surface area contributed by atoms with E-state index < -0.39 is 0 Å². The summed E-state index contributed by atoms with van der Waals surface area (Å²) in [4.78, 5) is 4.96. The smallest absolute Gasteiger partial charge is 0.123 e. The van der Waals surface area contributed by atoms with Crippen molar-refractivity contribution in [3.8, 4) is 5.75 Å². The predicted molar refractivity (Wildman–Crippen MR) is 122 cm³/mol. The summed E-state index contributed by atoms with van der Waals surface area (Å²) in [6.07, 6.45) is 0.166. The third kappa shape index (κ3) is 5.09. The van der Waals surface area contributed by atoms with Crippen molar-refractivity contribution in [1.82, 2.24) is 9.80 Å². The van der Waals surface area contributed by atoms with E-state index in [0.29, 0.717) is 6.61 Å². The van der Waals surface area contributed by atoms with Gasteiger partial charge in [0.2, 0.25) is 0 Å². The van der Waals surface area contributed by atoms with Crippen LogP contribution < -0.4 is 4.74 Å². The average Bonchev–Trinajstić information content (AvgIpc) is 3.13. The second kappa shape index (κ2) is 9.73. The molecule has 156 valence electrons. The van der Waals surface area contributed by atoms with Gasteiger partial charge in [-0.3, -0.25) is 9.80 Å². The molecule has 0 aromatic heterocycles. The maximum atomic E-state index is 13.3. The highest BCUT2D eigenvalue weighted by Crippen LogP contribution is 2.34. The van der Waals surface area contributed by atoms with Gasteiger partial charge in [0, 0.05) is 30.7 Å². The molecule has 1 fully saturated rings. The van der Waals surface area contributed by atoms with E-state index in [1.807, 2.05) is 31.2 Å². The van der Waals surface area contributed by atoms with Crippen LogP contribution in [0.25, 0.3) is 0 Å². The number of halogens is 2. The first-order chi connectivity index (χ1) is 14.6. The second-order valence-corrected chi connectivity index (χ2v) is 8.49. The van der Waals surface area contributed by atoms with E-state index >= 15 is 0 Å². The Bertz CT molecular complexity index is 962. The second-order valence-electron chi connectivity index (χ2n) is 7.57. The van der Waals surface area contributed by atoms with Crippen LogP contribution in [0.5, 0.6) is 5.75 Å². The maximum absolute atomic E-state index is 13.3. The van der Waals surface area contributed by atoms with Crippen LogP contribution in [0, 0.1) is 5.82 Å². The first kappa shape index (κ1) is 21.0. The summed E-state index contributed by atoms with van der Waals surface area (Å²) in [5, 5.41) is 0. The van der Waals surface area contributed by atoms with E-state index in [1.165, 1.54) is 23.3 Å². The summed E-state index contributed by atoms with van der Waals surface area (Å²) in [6.45, 7) is 6.27. The lowest BCUT2D eigenvalue weighted by Crippen LogP contribution is -2.30. The highest BCUT2D eigenvalue weighted by Gasteiger charge is 2.33. The standard InChI is InChI=1S/C25H26BrFN2O/c1-2-30-24-12-8-20(9-13-24)18-29-15-14-28(17-19-6-10-23(27)11-7-19)25(29)21-4-3-5-22(26)16-21/h3-13,16,25H,2,14-15,17-18H2,1H3/t25-/m0/s1. The van der Waals surface area contributed by atoms with Gasteiger partial charge in [-0.15, -0.1) is 0 Å². The summed E-state index contributed by atoms with van der Waals surface area (Å²) in [7, 11) is 0. The number of benzene rings is 3. The van der Waals surface area contributed by atoms with Gasteiger partial charge >= 0.3 is 0 Å². The number of nitrogens with zero attached hydrogens (tertiary/aromatic N) is 2. The van der Waals surface area contributed by atoms with E-state index in [9.17, 15) is 4.39 Å². The van der Waals surface area contributed by atoms with Crippen molar-refractivity contribution in [2.24, 2.45) is 0 Å². The van der Waals surface area contributed by atoms with Crippen molar-refractivity contribution in [3.63, 3.8) is 0 Å². The molecular weight excluding hydrogens is 443 g/mol. The molecule has 0 unspecified atom stereocenters. The summed E-state index contributed by atoms with van der Waals surface area (Å²) >= 11 is 3.62. The van der Waals surface area contributed by atoms with Crippen LogP contribution >= 0.6 is 15.9 Å². The summed E-state index contributed by atoms with van der Waals surface area (Å²) in [5.74, 6) is 0.713. The van der Waals surface area contributed by atoms with Crippen LogP contribution in [0.1, 0.15) is 29.8 Å². The lowest BCUT2D eigenvalue weighted by atomic mass is 10.1. The highest BCUT2D eigenvalue weighted by atomic mass is 79.9. The Labute approximate surface area is 186 Å². The molecule has 1 aliphatic heterocycles. The van der Waals surface area contributed by atoms with Crippen molar-refractivity contribution >= 4 is 15.9 Å². The molecule has 1 heterocycles. The van der Waals surface area contributed by atoms with E-state index in [1.54, 1.807) is 0 Å². The van der Waals surface area contributed by atoms with Crippen molar-refractivity contribution < 1.29 is 9.13 Å². The maximum Gasteiger partial charge on any atom is 0.123 e. The Morgan fingerprint density at radius 1 is 0.900 bits per heavy atom. The van der Waals surface area contributed by atoms with Gasteiger partial charge in [-0.25, -0.2) is 4.39 Å². The molecule has 1 saturated heterocycles. The minimum Gasteiger partial charge on any atom is -0.494 e. The quantitative estimate of drug-likeness (QED) is 0.422. The van der Waals surface area contributed by atoms with Crippen LogP contribution in [-0.4, -0.2) is 29.5 Å². The molecule has 1 atom stereocenters. The van der Waals surface area contributed by atoms with Crippen LogP contribution in [-0.2, 0) is 13.1 Å². The molecule has 0 spiro atoms. The Morgan fingerprint density at radius 2 is 1.50 bits per heavy atom. The van der Waals surface area contributed by atoms with Gasteiger partial charge < -0.3 is 4.74 Å². The zero-order valence-corrected chi connectivity index (χ0v) is 18.7. The Hall–Kier alpha value is -2.21. The number of hydrogen-bond acceptors (Lipinski definition) is 3. The Kier molecular flexibility index (Phi) is 6.82. The van der Waals surface area contributed by atoms with Crippen LogP contribution in [0.2, 0.25) is 0 Å². The zero-order chi connectivity index (χ0) is 20.9. The average molecular weight is 469 g/mol. The van der Waals surface area contributed by atoms with Gasteiger partial charge in [-0.2, -0.15) is 0 Å². The van der Waals surface area contributed by atoms with Gasteiger partial charge in [0.1, 0.15) is 11.6 Å². The molecule has 0 saturated carbocycles. The van der Waals surface area contributed by atoms with Crippen molar-refractivity contribution in [2.45, 2.75) is 26.2 Å². The highest BCUT2D eigenvalue weighted by molar-refractivity contribution is 9.10. The first-order valence-electron chi connectivity index (χ1n) is 10.3. The van der Waals surface area contributed by atoms with Crippen molar-refractivity contribution in [2.75, 3.05) is 19.7 Å². The first-order valence-corrected chi connectivity index (χ1v) is 11.1. The molecular formula is C25H26BrFN2O. The molecule has 5 heteroatoms. The fourth-order valence-corrected chi connectivity index (χ4v) is 4.49. The van der Waals surface area contributed by atoms with Gasteiger partial charge in [-0.1, -0.05) is 52.3 Å². The van der Waals surface area contributed by atoms with Crippen LogP contribution in [0.3, 0.4) is 0 Å². The van der Waals surface area contributed by atoms with Gasteiger partial charge in [-0.05, 0) is 60.0 Å². The molecule has 0 bridgehead atoms. The fourth-order valence-electron chi connectivity index (χ4n) is 4.07.